The first-order valence-corrected chi connectivity index (χ1v) is 6.52. The van der Waals surface area contributed by atoms with E-state index < -0.39 is 0 Å². The van der Waals surface area contributed by atoms with Crippen molar-refractivity contribution in [2.45, 2.75) is 19.4 Å². The van der Waals surface area contributed by atoms with Crippen LogP contribution in [0.3, 0.4) is 0 Å². The predicted octanol–water partition coefficient (Wildman–Crippen LogP) is 2.14. The van der Waals surface area contributed by atoms with Crippen LogP contribution in [0.15, 0.2) is 17.5 Å². The van der Waals surface area contributed by atoms with Gasteiger partial charge < -0.3 is 9.80 Å². The molecule has 0 aromatic carbocycles. The van der Waals surface area contributed by atoms with Crippen LogP contribution in [-0.4, -0.2) is 41.8 Å². The van der Waals surface area contributed by atoms with Gasteiger partial charge in [0.1, 0.15) is 5.78 Å². The first-order chi connectivity index (χ1) is 8.09. The highest BCUT2D eigenvalue weighted by atomic mass is 32.1. The predicted molar refractivity (Wildman–Crippen MR) is 67.1 cm³/mol. The molecule has 1 saturated heterocycles. The van der Waals surface area contributed by atoms with Gasteiger partial charge in [-0.15, -0.1) is 11.3 Å². The number of likely N-dealkylation sites (N-methyl/N-ethyl adjacent to an activating group) is 1. The third kappa shape index (κ3) is 2.49. The number of Topliss-reactive ketones (excluding diaryl/α,β-unsaturated/α-hetero) is 1. The molecule has 0 spiro atoms. The number of rotatable bonds is 4. The van der Waals surface area contributed by atoms with Crippen molar-refractivity contribution in [2.75, 3.05) is 20.1 Å². The molecule has 0 saturated carbocycles. The Hall–Kier alpha value is -1.36. The summed E-state index contributed by atoms with van der Waals surface area (Å²) in [4.78, 5) is 27.6. The molecule has 2 amide bonds. The Labute approximate surface area is 105 Å². The van der Waals surface area contributed by atoms with Crippen molar-refractivity contribution >= 4 is 23.2 Å². The van der Waals surface area contributed by atoms with Gasteiger partial charge in [0, 0.05) is 31.4 Å². The van der Waals surface area contributed by atoms with E-state index in [0.717, 1.165) is 0 Å². The molecule has 17 heavy (non-hydrogen) atoms. The number of carbonyl (C=O) groups is 2. The lowest BCUT2D eigenvalue weighted by molar-refractivity contribution is -0.117. The number of nitrogens with zero attached hydrogens (tertiary/aromatic N) is 2. The maximum Gasteiger partial charge on any atom is 0.320 e. The van der Waals surface area contributed by atoms with Crippen LogP contribution < -0.4 is 0 Å². The zero-order chi connectivity index (χ0) is 12.4. The second-order valence-electron chi connectivity index (χ2n) is 4.32. The van der Waals surface area contributed by atoms with Gasteiger partial charge >= 0.3 is 6.03 Å². The van der Waals surface area contributed by atoms with E-state index in [1.165, 1.54) is 4.88 Å². The van der Waals surface area contributed by atoms with E-state index in [1.807, 2.05) is 24.6 Å². The van der Waals surface area contributed by atoms with E-state index in [9.17, 15) is 9.59 Å². The van der Waals surface area contributed by atoms with Gasteiger partial charge in [-0.05, 0) is 18.4 Å². The minimum Gasteiger partial charge on any atom is -0.322 e. The fraction of sp³-hybridized carbons (Fsp3) is 0.500. The summed E-state index contributed by atoms with van der Waals surface area (Å²) < 4.78 is 0. The number of hydrogen-bond donors (Lipinski definition) is 0. The molecule has 1 aliphatic rings. The lowest BCUT2D eigenvalue weighted by atomic mass is 10.2. The Morgan fingerprint density at radius 2 is 2.35 bits per heavy atom. The molecule has 1 aromatic rings. The molecule has 2 rings (SSSR count). The van der Waals surface area contributed by atoms with Crippen molar-refractivity contribution in [3.8, 4) is 0 Å². The molecule has 5 heteroatoms. The molecule has 2 heterocycles. The molecule has 1 aromatic heterocycles. The topological polar surface area (TPSA) is 40.6 Å². The zero-order valence-electron chi connectivity index (χ0n) is 10.0. The summed E-state index contributed by atoms with van der Waals surface area (Å²) in [5, 5.41) is 2.02. The Morgan fingerprint density at radius 3 is 2.94 bits per heavy atom. The van der Waals surface area contributed by atoms with E-state index in [0.29, 0.717) is 19.5 Å². The number of amides is 2. The van der Waals surface area contributed by atoms with Gasteiger partial charge in [-0.25, -0.2) is 4.79 Å². The largest absolute Gasteiger partial charge is 0.322 e. The van der Waals surface area contributed by atoms with Crippen LogP contribution >= 0.6 is 11.3 Å². The highest BCUT2D eigenvalue weighted by Crippen LogP contribution is 2.30. The summed E-state index contributed by atoms with van der Waals surface area (Å²) in [5.74, 6) is 0.125. The van der Waals surface area contributed by atoms with Gasteiger partial charge in [-0.3, -0.25) is 4.79 Å². The van der Waals surface area contributed by atoms with Crippen LogP contribution in [0.2, 0.25) is 0 Å². The molecule has 0 radical (unpaired) electrons. The van der Waals surface area contributed by atoms with E-state index in [1.54, 1.807) is 28.1 Å². The fourth-order valence-corrected chi connectivity index (χ4v) is 2.87. The SMILES string of the molecule is CC(=O)CCN1CC(c2cccs2)N(C)C1=O. The third-order valence-corrected chi connectivity index (χ3v) is 4.01. The standard InChI is InChI=1S/C12H16N2O2S/c1-9(15)5-6-14-8-10(13(2)12(14)16)11-4-3-7-17-11/h3-4,7,10H,5-6,8H2,1-2H3. The van der Waals surface area contributed by atoms with Crippen molar-refractivity contribution in [2.24, 2.45) is 0 Å². The van der Waals surface area contributed by atoms with Crippen LogP contribution in [0.4, 0.5) is 4.79 Å². The number of hydrogen-bond acceptors (Lipinski definition) is 3. The average Bonchev–Trinajstić information content (AvgIpc) is 2.88. The molecule has 4 nitrogen and oxygen atoms in total. The highest BCUT2D eigenvalue weighted by Gasteiger charge is 2.35. The molecule has 0 bridgehead atoms. The number of carbonyl (C=O) groups excluding carboxylic acids is 2. The Morgan fingerprint density at radius 1 is 1.59 bits per heavy atom. The van der Waals surface area contributed by atoms with E-state index in [4.69, 9.17) is 0 Å². The Kier molecular flexibility index (Phi) is 3.47. The van der Waals surface area contributed by atoms with Crippen LogP contribution in [0.1, 0.15) is 24.3 Å². The molecular formula is C12H16N2O2S. The Bertz CT molecular complexity index is 416. The zero-order valence-corrected chi connectivity index (χ0v) is 10.9. The molecule has 1 unspecified atom stereocenters. The minimum atomic E-state index is 0.0182. The molecular weight excluding hydrogens is 236 g/mol. The Balaban J connectivity index is 2.04. The lowest BCUT2D eigenvalue weighted by Crippen LogP contribution is -2.31. The number of ketones is 1. The van der Waals surface area contributed by atoms with E-state index >= 15 is 0 Å². The number of urea groups is 1. The van der Waals surface area contributed by atoms with Gasteiger partial charge in [-0.2, -0.15) is 0 Å². The molecule has 1 fully saturated rings. The van der Waals surface area contributed by atoms with Crippen molar-refractivity contribution < 1.29 is 9.59 Å². The summed E-state index contributed by atoms with van der Waals surface area (Å²) in [5.41, 5.74) is 0. The molecule has 92 valence electrons. The van der Waals surface area contributed by atoms with Gasteiger partial charge in [0.05, 0.1) is 6.04 Å². The summed E-state index contributed by atoms with van der Waals surface area (Å²) in [6.45, 7) is 2.77. The van der Waals surface area contributed by atoms with Crippen molar-refractivity contribution in [1.29, 1.82) is 0 Å². The van der Waals surface area contributed by atoms with Gasteiger partial charge in [0.25, 0.3) is 0 Å². The minimum absolute atomic E-state index is 0.0182. The fourth-order valence-electron chi connectivity index (χ4n) is 2.01. The molecule has 0 N–H and O–H groups in total. The van der Waals surface area contributed by atoms with Gasteiger partial charge in [0.2, 0.25) is 0 Å². The first kappa shape index (κ1) is 12.1. The van der Waals surface area contributed by atoms with Crippen LogP contribution in [-0.2, 0) is 4.79 Å². The van der Waals surface area contributed by atoms with Crippen molar-refractivity contribution in [3.63, 3.8) is 0 Å². The summed E-state index contributed by atoms with van der Waals surface area (Å²) in [6.07, 6.45) is 0.441. The normalized spacial score (nSPS) is 20.1. The quantitative estimate of drug-likeness (QED) is 0.823. The highest BCUT2D eigenvalue weighted by molar-refractivity contribution is 7.10. The summed E-state index contributed by atoms with van der Waals surface area (Å²) in [7, 11) is 1.82. The van der Waals surface area contributed by atoms with Crippen molar-refractivity contribution in [1.82, 2.24) is 9.80 Å². The van der Waals surface area contributed by atoms with Crippen LogP contribution in [0, 0.1) is 0 Å². The molecule has 1 atom stereocenters. The van der Waals surface area contributed by atoms with E-state index in [-0.39, 0.29) is 17.9 Å². The van der Waals surface area contributed by atoms with E-state index in [2.05, 4.69) is 0 Å². The first-order valence-electron chi connectivity index (χ1n) is 5.64. The van der Waals surface area contributed by atoms with Gasteiger partial charge in [-0.1, -0.05) is 6.07 Å². The number of thiophene rings is 1. The van der Waals surface area contributed by atoms with Crippen molar-refractivity contribution in [3.05, 3.63) is 22.4 Å². The maximum absolute atomic E-state index is 12.0. The lowest BCUT2D eigenvalue weighted by Gasteiger charge is -2.16. The smallest absolute Gasteiger partial charge is 0.320 e. The monoisotopic (exact) mass is 252 g/mol. The summed E-state index contributed by atoms with van der Waals surface area (Å²) in [6, 6.07) is 4.20. The molecule has 1 aliphatic heterocycles. The molecule has 0 aliphatic carbocycles. The van der Waals surface area contributed by atoms with Gasteiger partial charge in [0.15, 0.2) is 0 Å². The summed E-state index contributed by atoms with van der Waals surface area (Å²) >= 11 is 1.66. The maximum atomic E-state index is 12.0. The average molecular weight is 252 g/mol. The third-order valence-electron chi connectivity index (χ3n) is 3.04. The van der Waals surface area contributed by atoms with Crippen LogP contribution in [0.5, 0.6) is 0 Å². The second kappa shape index (κ2) is 4.87. The second-order valence-corrected chi connectivity index (χ2v) is 5.30. The van der Waals surface area contributed by atoms with Crippen LogP contribution in [0.25, 0.3) is 0 Å².